The molecule has 3 rings (SSSR count). The SMILES string of the molecule is O=P(O)(O)OC1C=CC=C2C=C3NCCCC3CC21. The smallest absolute Gasteiger partial charge is 0.388 e. The molecule has 3 atom stereocenters. The fourth-order valence-electron chi connectivity index (χ4n) is 3.20. The van der Waals surface area contributed by atoms with E-state index in [1.165, 1.54) is 5.70 Å². The molecule has 19 heavy (non-hydrogen) atoms. The van der Waals surface area contributed by atoms with E-state index in [-0.39, 0.29) is 5.92 Å². The molecule has 1 aliphatic heterocycles. The minimum Gasteiger partial charge on any atom is -0.388 e. The molecular formula is C13H18NO4P. The van der Waals surface area contributed by atoms with Crippen LogP contribution in [0.4, 0.5) is 0 Å². The van der Waals surface area contributed by atoms with Crippen LogP contribution in [0.3, 0.4) is 0 Å². The summed E-state index contributed by atoms with van der Waals surface area (Å²) in [5.74, 6) is 0.511. The monoisotopic (exact) mass is 283 g/mol. The molecule has 0 aromatic carbocycles. The van der Waals surface area contributed by atoms with Gasteiger partial charge in [-0.3, -0.25) is 4.52 Å². The van der Waals surface area contributed by atoms with Gasteiger partial charge in [-0.1, -0.05) is 18.2 Å². The molecule has 2 aliphatic carbocycles. The molecule has 0 amide bonds. The summed E-state index contributed by atoms with van der Waals surface area (Å²) >= 11 is 0. The number of allylic oxidation sites excluding steroid dienone is 4. The summed E-state index contributed by atoms with van der Waals surface area (Å²) in [5.41, 5.74) is 2.36. The Labute approximate surface area is 112 Å². The lowest BCUT2D eigenvalue weighted by molar-refractivity contribution is 0.119. The Kier molecular flexibility index (Phi) is 3.39. The third-order valence-electron chi connectivity index (χ3n) is 4.03. The molecule has 0 aromatic rings. The average Bonchev–Trinajstić information content (AvgIpc) is 2.35. The highest BCUT2D eigenvalue weighted by atomic mass is 31.2. The van der Waals surface area contributed by atoms with Crippen molar-refractivity contribution in [3.05, 3.63) is 35.6 Å². The number of phosphoric ester groups is 1. The van der Waals surface area contributed by atoms with Crippen molar-refractivity contribution in [1.29, 1.82) is 0 Å². The van der Waals surface area contributed by atoms with E-state index < -0.39 is 13.9 Å². The van der Waals surface area contributed by atoms with Gasteiger partial charge in [0.2, 0.25) is 0 Å². The van der Waals surface area contributed by atoms with Crippen LogP contribution in [0.5, 0.6) is 0 Å². The molecule has 104 valence electrons. The molecule has 0 bridgehead atoms. The van der Waals surface area contributed by atoms with Crippen molar-refractivity contribution in [3.63, 3.8) is 0 Å². The highest BCUT2D eigenvalue weighted by Crippen LogP contribution is 2.46. The Bertz CT molecular complexity index is 505. The number of piperidine rings is 1. The fourth-order valence-corrected chi connectivity index (χ4v) is 3.73. The van der Waals surface area contributed by atoms with Gasteiger partial charge in [0.05, 0.1) is 6.10 Å². The number of hydrogen-bond acceptors (Lipinski definition) is 3. The lowest BCUT2D eigenvalue weighted by atomic mass is 9.74. The second-order valence-electron chi connectivity index (χ2n) is 5.32. The van der Waals surface area contributed by atoms with Gasteiger partial charge in [0.1, 0.15) is 0 Å². The van der Waals surface area contributed by atoms with E-state index in [0.29, 0.717) is 5.92 Å². The maximum absolute atomic E-state index is 11.0. The standard InChI is InChI=1S/C13H18NO4P/c15-19(16,17)18-13-5-1-3-9-8-12-10(7-11(9)13)4-2-6-14-12/h1,3,5,8,10-11,13-14H,2,4,6-7H2,(H2,15,16,17). The zero-order valence-corrected chi connectivity index (χ0v) is 11.4. The average molecular weight is 283 g/mol. The summed E-state index contributed by atoms with van der Waals surface area (Å²) in [4.78, 5) is 18.0. The summed E-state index contributed by atoms with van der Waals surface area (Å²) in [6.45, 7) is 1.01. The van der Waals surface area contributed by atoms with Crippen molar-refractivity contribution in [1.82, 2.24) is 5.32 Å². The molecule has 1 heterocycles. The third kappa shape index (κ3) is 2.84. The number of hydrogen-bond donors (Lipinski definition) is 3. The number of fused-ring (bicyclic) bond motifs is 2. The lowest BCUT2D eigenvalue weighted by Crippen LogP contribution is -2.36. The van der Waals surface area contributed by atoms with E-state index in [1.807, 2.05) is 12.2 Å². The van der Waals surface area contributed by atoms with Crippen LogP contribution in [0.2, 0.25) is 0 Å². The van der Waals surface area contributed by atoms with Crippen LogP contribution in [-0.4, -0.2) is 22.4 Å². The number of nitrogens with one attached hydrogen (secondary N) is 1. The van der Waals surface area contributed by atoms with Crippen LogP contribution in [0.25, 0.3) is 0 Å². The summed E-state index contributed by atoms with van der Waals surface area (Å²) in [6.07, 6.45) is 10.3. The summed E-state index contributed by atoms with van der Waals surface area (Å²) < 4.78 is 16.0. The molecule has 3 N–H and O–H groups in total. The maximum atomic E-state index is 11.0. The largest absolute Gasteiger partial charge is 0.470 e. The quantitative estimate of drug-likeness (QED) is 0.674. The topological polar surface area (TPSA) is 78.8 Å². The second-order valence-corrected chi connectivity index (χ2v) is 6.51. The van der Waals surface area contributed by atoms with E-state index in [1.54, 1.807) is 6.08 Å². The van der Waals surface area contributed by atoms with Gasteiger partial charge in [-0.2, -0.15) is 0 Å². The normalized spacial score (nSPS) is 33.7. The molecule has 0 aromatic heterocycles. The van der Waals surface area contributed by atoms with Crippen molar-refractivity contribution in [2.75, 3.05) is 6.54 Å². The van der Waals surface area contributed by atoms with E-state index in [4.69, 9.17) is 14.3 Å². The van der Waals surface area contributed by atoms with Gasteiger partial charge in [0, 0.05) is 18.2 Å². The van der Waals surface area contributed by atoms with E-state index in [2.05, 4.69) is 11.4 Å². The van der Waals surface area contributed by atoms with Crippen molar-refractivity contribution >= 4 is 7.82 Å². The minimum absolute atomic E-state index is 0.0475. The summed E-state index contributed by atoms with van der Waals surface area (Å²) in [5, 5.41) is 3.42. The second kappa shape index (κ2) is 4.91. The lowest BCUT2D eigenvalue weighted by Gasteiger charge is -2.38. The van der Waals surface area contributed by atoms with Crippen LogP contribution in [0.15, 0.2) is 35.6 Å². The zero-order chi connectivity index (χ0) is 13.5. The maximum Gasteiger partial charge on any atom is 0.470 e. The van der Waals surface area contributed by atoms with Crippen LogP contribution in [-0.2, 0) is 9.09 Å². The van der Waals surface area contributed by atoms with Crippen LogP contribution in [0.1, 0.15) is 19.3 Å². The van der Waals surface area contributed by atoms with Gasteiger partial charge >= 0.3 is 7.82 Å². The molecule has 1 saturated heterocycles. The first-order valence-corrected chi connectivity index (χ1v) is 8.14. The van der Waals surface area contributed by atoms with Crippen LogP contribution in [0, 0.1) is 11.8 Å². The van der Waals surface area contributed by atoms with Crippen molar-refractivity contribution in [2.45, 2.75) is 25.4 Å². The summed E-state index contributed by atoms with van der Waals surface area (Å²) in [7, 11) is -4.45. The molecule has 3 aliphatic rings. The molecule has 1 fully saturated rings. The van der Waals surface area contributed by atoms with Gasteiger partial charge in [-0.05, 0) is 36.8 Å². The first-order valence-electron chi connectivity index (χ1n) is 6.61. The molecule has 6 heteroatoms. The van der Waals surface area contributed by atoms with Gasteiger partial charge in [0.15, 0.2) is 0 Å². The van der Waals surface area contributed by atoms with E-state index in [9.17, 15) is 4.57 Å². The summed E-state index contributed by atoms with van der Waals surface area (Å²) in [6, 6.07) is 0. The Balaban J connectivity index is 1.84. The molecule has 0 radical (unpaired) electrons. The third-order valence-corrected chi connectivity index (χ3v) is 4.55. The Morgan fingerprint density at radius 2 is 2.26 bits per heavy atom. The predicted octanol–water partition coefficient (Wildman–Crippen LogP) is 1.86. The minimum atomic E-state index is -4.45. The van der Waals surface area contributed by atoms with E-state index >= 15 is 0 Å². The molecule has 3 unspecified atom stereocenters. The fraction of sp³-hybridized carbons (Fsp3) is 0.538. The zero-order valence-electron chi connectivity index (χ0n) is 10.5. The predicted molar refractivity (Wildman–Crippen MR) is 71.1 cm³/mol. The van der Waals surface area contributed by atoms with E-state index in [0.717, 1.165) is 31.4 Å². The Hall–Kier alpha value is -0.870. The van der Waals surface area contributed by atoms with Crippen molar-refractivity contribution < 1.29 is 18.9 Å². The Morgan fingerprint density at radius 1 is 1.42 bits per heavy atom. The van der Waals surface area contributed by atoms with Crippen molar-refractivity contribution in [3.8, 4) is 0 Å². The van der Waals surface area contributed by atoms with Crippen LogP contribution < -0.4 is 5.32 Å². The molecule has 5 nitrogen and oxygen atoms in total. The van der Waals surface area contributed by atoms with Crippen molar-refractivity contribution in [2.24, 2.45) is 11.8 Å². The number of rotatable bonds is 2. The molecular weight excluding hydrogens is 265 g/mol. The van der Waals surface area contributed by atoms with Crippen LogP contribution >= 0.6 is 7.82 Å². The Morgan fingerprint density at radius 3 is 3.05 bits per heavy atom. The molecule has 0 saturated carbocycles. The van der Waals surface area contributed by atoms with Gasteiger partial charge in [0.25, 0.3) is 0 Å². The van der Waals surface area contributed by atoms with Gasteiger partial charge in [-0.15, -0.1) is 0 Å². The highest BCUT2D eigenvalue weighted by molar-refractivity contribution is 7.46. The first-order chi connectivity index (χ1) is 9.03. The van der Waals surface area contributed by atoms with Gasteiger partial charge in [-0.25, -0.2) is 4.57 Å². The first kappa shape index (κ1) is 13.1. The highest BCUT2D eigenvalue weighted by Gasteiger charge is 2.36. The molecule has 0 spiro atoms. The number of phosphoric acid groups is 1. The van der Waals surface area contributed by atoms with Gasteiger partial charge < -0.3 is 15.1 Å².